The zero-order valence-corrected chi connectivity index (χ0v) is 9.06. The van der Waals surface area contributed by atoms with Gasteiger partial charge in [-0.25, -0.2) is 0 Å². The van der Waals surface area contributed by atoms with Gasteiger partial charge in [-0.3, -0.25) is 0 Å². The summed E-state index contributed by atoms with van der Waals surface area (Å²) >= 11 is 0. The van der Waals surface area contributed by atoms with E-state index in [0.717, 1.165) is 0 Å². The minimum atomic E-state index is -0.354. The van der Waals surface area contributed by atoms with E-state index in [2.05, 4.69) is 0 Å². The fourth-order valence-corrected chi connectivity index (χ4v) is 1.14. The molecule has 0 saturated heterocycles. The normalized spacial score (nSPS) is 12.2. The monoisotopic (exact) mass is 211 g/mol. The molecular formula is C11H17NO3. The first kappa shape index (κ1) is 11.7. The van der Waals surface area contributed by atoms with Crippen molar-refractivity contribution in [1.29, 1.82) is 0 Å². The van der Waals surface area contributed by atoms with Gasteiger partial charge in [0.25, 0.3) is 0 Å². The lowest BCUT2D eigenvalue weighted by Crippen LogP contribution is -2.07. The summed E-state index contributed by atoms with van der Waals surface area (Å²) in [5.41, 5.74) is 6.26. The summed E-state index contributed by atoms with van der Waals surface area (Å²) in [5.74, 6) is 1.33. The third-order valence-corrected chi connectivity index (χ3v) is 1.94. The maximum atomic E-state index is 9.06. The van der Waals surface area contributed by atoms with Crippen molar-refractivity contribution in [1.82, 2.24) is 0 Å². The van der Waals surface area contributed by atoms with E-state index in [-0.39, 0.29) is 6.10 Å². The molecule has 0 aliphatic rings. The minimum Gasteiger partial charge on any atom is -0.497 e. The maximum Gasteiger partial charge on any atom is 0.125 e. The molecule has 1 aromatic carbocycles. The van der Waals surface area contributed by atoms with Crippen molar-refractivity contribution >= 4 is 5.69 Å². The van der Waals surface area contributed by atoms with Crippen LogP contribution in [0.1, 0.15) is 13.3 Å². The number of benzene rings is 1. The predicted octanol–water partition coefficient (Wildman–Crippen LogP) is 1.43. The molecule has 84 valence electrons. The largest absolute Gasteiger partial charge is 0.497 e. The average Bonchev–Trinajstić information content (AvgIpc) is 2.16. The van der Waals surface area contributed by atoms with Crippen LogP contribution in [0.3, 0.4) is 0 Å². The highest BCUT2D eigenvalue weighted by atomic mass is 16.5. The van der Waals surface area contributed by atoms with Gasteiger partial charge in [-0.2, -0.15) is 0 Å². The number of anilines is 1. The zero-order valence-electron chi connectivity index (χ0n) is 9.06. The molecule has 1 aromatic rings. The zero-order chi connectivity index (χ0) is 11.3. The maximum absolute atomic E-state index is 9.06. The van der Waals surface area contributed by atoms with Crippen LogP contribution in [-0.2, 0) is 0 Å². The van der Waals surface area contributed by atoms with E-state index in [4.69, 9.17) is 20.3 Å². The highest BCUT2D eigenvalue weighted by Crippen LogP contribution is 2.24. The number of rotatable bonds is 5. The van der Waals surface area contributed by atoms with E-state index in [1.807, 2.05) is 0 Å². The molecule has 1 rings (SSSR count). The Kier molecular flexibility index (Phi) is 4.24. The molecule has 15 heavy (non-hydrogen) atoms. The van der Waals surface area contributed by atoms with Crippen molar-refractivity contribution in [2.24, 2.45) is 0 Å². The van der Waals surface area contributed by atoms with Crippen LogP contribution in [0.25, 0.3) is 0 Å². The van der Waals surface area contributed by atoms with Gasteiger partial charge in [-0.05, 0) is 6.92 Å². The lowest BCUT2D eigenvalue weighted by molar-refractivity contribution is 0.155. The first-order valence-corrected chi connectivity index (χ1v) is 4.87. The molecule has 0 bridgehead atoms. The van der Waals surface area contributed by atoms with E-state index in [9.17, 15) is 0 Å². The second-order valence-electron chi connectivity index (χ2n) is 3.43. The van der Waals surface area contributed by atoms with Crippen LogP contribution in [-0.4, -0.2) is 24.9 Å². The van der Waals surface area contributed by atoms with E-state index in [0.29, 0.717) is 30.2 Å². The Bertz CT molecular complexity index is 313. The summed E-state index contributed by atoms with van der Waals surface area (Å²) in [7, 11) is 1.58. The van der Waals surface area contributed by atoms with Gasteiger partial charge < -0.3 is 20.3 Å². The fraction of sp³-hybridized carbons (Fsp3) is 0.455. The van der Waals surface area contributed by atoms with E-state index < -0.39 is 0 Å². The molecule has 0 spiro atoms. The third kappa shape index (κ3) is 4.08. The van der Waals surface area contributed by atoms with Gasteiger partial charge in [-0.15, -0.1) is 0 Å². The van der Waals surface area contributed by atoms with Crippen molar-refractivity contribution in [3.05, 3.63) is 18.2 Å². The topological polar surface area (TPSA) is 64.7 Å². The molecule has 0 aliphatic carbocycles. The third-order valence-electron chi connectivity index (χ3n) is 1.94. The second-order valence-corrected chi connectivity index (χ2v) is 3.43. The lowest BCUT2D eigenvalue weighted by Gasteiger charge is -2.09. The van der Waals surface area contributed by atoms with E-state index in [1.165, 1.54) is 0 Å². The van der Waals surface area contributed by atoms with Crippen molar-refractivity contribution < 1.29 is 14.6 Å². The molecule has 0 heterocycles. The van der Waals surface area contributed by atoms with Gasteiger partial charge in [0.2, 0.25) is 0 Å². The van der Waals surface area contributed by atoms with Crippen LogP contribution in [0, 0.1) is 0 Å². The highest BCUT2D eigenvalue weighted by Gasteiger charge is 2.01. The average molecular weight is 211 g/mol. The van der Waals surface area contributed by atoms with E-state index >= 15 is 0 Å². The Morgan fingerprint density at radius 3 is 2.60 bits per heavy atom. The van der Waals surface area contributed by atoms with Gasteiger partial charge >= 0.3 is 0 Å². The Hall–Kier alpha value is -1.42. The number of nitrogen functional groups attached to an aromatic ring is 1. The number of ether oxygens (including phenoxy) is 2. The van der Waals surface area contributed by atoms with Crippen LogP contribution < -0.4 is 15.2 Å². The number of hydrogen-bond donors (Lipinski definition) is 2. The number of aliphatic hydroxyl groups excluding tert-OH is 1. The Balaban J connectivity index is 2.56. The van der Waals surface area contributed by atoms with Crippen LogP contribution in [0.4, 0.5) is 5.69 Å². The summed E-state index contributed by atoms with van der Waals surface area (Å²) in [5, 5.41) is 9.06. The van der Waals surface area contributed by atoms with Crippen molar-refractivity contribution in [3.63, 3.8) is 0 Å². The Morgan fingerprint density at radius 2 is 2.00 bits per heavy atom. The number of aliphatic hydroxyl groups is 1. The molecule has 0 fully saturated rings. The van der Waals surface area contributed by atoms with Crippen LogP contribution in [0.15, 0.2) is 18.2 Å². The van der Waals surface area contributed by atoms with E-state index in [1.54, 1.807) is 32.2 Å². The van der Waals surface area contributed by atoms with Crippen molar-refractivity contribution in [2.75, 3.05) is 19.5 Å². The molecule has 1 atom stereocenters. The number of nitrogens with two attached hydrogens (primary N) is 1. The standard InChI is InChI=1S/C11H17NO3/c1-8(13)3-4-15-11-6-9(12)5-10(7-11)14-2/h5-8,13H,3-4,12H2,1-2H3. The molecule has 0 radical (unpaired) electrons. The Morgan fingerprint density at radius 1 is 1.33 bits per heavy atom. The smallest absolute Gasteiger partial charge is 0.125 e. The number of methoxy groups -OCH3 is 1. The molecule has 0 saturated carbocycles. The SMILES string of the molecule is COc1cc(N)cc(OCCC(C)O)c1. The van der Waals surface area contributed by atoms with Crippen molar-refractivity contribution in [2.45, 2.75) is 19.4 Å². The fourth-order valence-electron chi connectivity index (χ4n) is 1.14. The summed E-state index contributed by atoms with van der Waals surface area (Å²) < 4.78 is 10.5. The van der Waals surface area contributed by atoms with Gasteiger partial charge in [0.05, 0.1) is 19.8 Å². The minimum absolute atomic E-state index is 0.354. The van der Waals surface area contributed by atoms with Gasteiger partial charge in [0, 0.05) is 30.3 Å². The molecule has 4 nitrogen and oxygen atoms in total. The molecule has 4 heteroatoms. The summed E-state index contributed by atoms with van der Waals surface area (Å²) in [6.45, 7) is 2.19. The van der Waals surface area contributed by atoms with Crippen LogP contribution in [0.2, 0.25) is 0 Å². The summed E-state index contributed by atoms with van der Waals surface area (Å²) in [4.78, 5) is 0. The number of hydrogen-bond acceptors (Lipinski definition) is 4. The summed E-state index contributed by atoms with van der Waals surface area (Å²) in [6.07, 6.45) is 0.241. The highest BCUT2D eigenvalue weighted by molar-refractivity contribution is 5.50. The lowest BCUT2D eigenvalue weighted by atomic mass is 10.3. The van der Waals surface area contributed by atoms with Crippen molar-refractivity contribution in [3.8, 4) is 11.5 Å². The van der Waals surface area contributed by atoms with Gasteiger partial charge in [0.15, 0.2) is 0 Å². The van der Waals surface area contributed by atoms with Crippen LogP contribution >= 0.6 is 0 Å². The molecule has 0 aliphatic heterocycles. The van der Waals surface area contributed by atoms with Gasteiger partial charge in [0.1, 0.15) is 11.5 Å². The first-order chi connectivity index (χ1) is 7.11. The Labute approximate surface area is 89.6 Å². The molecule has 0 aromatic heterocycles. The molecule has 0 amide bonds. The molecule has 1 unspecified atom stereocenters. The quantitative estimate of drug-likeness (QED) is 0.723. The van der Waals surface area contributed by atoms with Gasteiger partial charge in [-0.1, -0.05) is 0 Å². The first-order valence-electron chi connectivity index (χ1n) is 4.87. The summed E-state index contributed by atoms with van der Waals surface area (Å²) in [6, 6.07) is 5.21. The predicted molar refractivity (Wildman–Crippen MR) is 59.2 cm³/mol. The molecular weight excluding hydrogens is 194 g/mol. The van der Waals surface area contributed by atoms with Crippen LogP contribution in [0.5, 0.6) is 11.5 Å². The molecule has 3 N–H and O–H groups in total. The second kappa shape index (κ2) is 5.46.